The molecule has 0 aromatic carbocycles. The Balaban J connectivity index is 1.75. The Bertz CT molecular complexity index is 193. The summed E-state index contributed by atoms with van der Waals surface area (Å²) in [5.74, 6) is 1.83. The van der Waals surface area contributed by atoms with E-state index in [0.717, 1.165) is 23.9 Å². The number of hydrogen-bond acceptors (Lipinski definition) is 2. The fourth-order valence-electron chi connectivity index (χ4n) is 2.84. The Hall–Kier alpha value is -0.0800. The van der Waals surface area contributed by atoms with Crippen LogP contribution in [0.25, 0.3) is 0 Å². The molecule has 0 aromatic heterocycles. The summed E-state index contributed by atoms with van der Waals surface area (Å²) in [5, 5.41) is 7.33. The van der Waals surface area contributed by atoms with Crippen molar-refractivity contribution in [2.75, 3.05) is 6.54 Å². The number of hydrogen-bond donors (Lipinski definition) is 2. The Morgan fingerprint density at radius 3 is 2.50 bits per heavy atom. The minimum absolute atomic E-state index is 0.703. The molecule has 0 radical (unpaired) electrons. The average molecular weight is 196 g/mol. The molecule has 1 aliphatic carbocycles. The van der Waals surface area contributed by atoms with Gasteiger partial charge in [-0.05, 0) is 44.6 Å². The lowest BCUT2D eigenvalue weighted by atomic mass is 9.71. The van der Waals surface area contributed by atoms with E-state index in [-0.39, 0.29) is 0 Å². The van der Waals surface area contributed by atoms with E-state index in [1.165, 1.54) is 25.8 Å². The zero-order valence-electron chi connectivity index (χ0n) is 9.72. The largest absolute Gasteiger partial charge is 0.314 e. The van der Waals surface area contributed by atoms with E-state index in [9.17, 15) is 0 Å². The third-order valence-electron chi connectivity index (χ3n) is 4.23. The van der Waals surface area contributed by atoms with Crippen LogP contribution in [-0.2, 0) is 0 Å². The predicted octanol–water partition coefficient (Wildman–Crippen LogP) is 1.76. The van der Waals surface area contributed by atoms with E-state index in [0.29, 0.717) is 6.04 Å². The maximum absolute atomic E-state index is 3.83. The lowest BCUT2D eigenvalue weighted by Crippen LogP contribution is -2.55. The molecule has 14 heavy (non-hydrogen) atoms. The minimum atomic E-state index is 0.703. The molecule has 1 saturated carbocycles. The molecule has 0 aromatic rings. The van der Waals surface area contributed by atoms with Crippen LogP contribution in [0, 0.1) is 11.8 Å². The Kier molecular flexibility index (Phi) is 3.13. The zero-order valence-corrected chi connectivity index (χ0v) is 9.72. The Morgan fingerprint density at radius 2 is 1.93 bits per heavy atom. The molecule has 0 spiro atoms. The van der Waals surface area contributed by atoms with Gasteiger partial charge in [-0.25, -0.2) is 0 Å². The number of piperidine rings is 1. The van der Waals surface area contributed by atoms with E-state index in [1.54, 1.807) is 0 Å². The molecule has 2 fully saturated rings. The van der Waals surface area contributed by atoms with Crippen molar-refractivity contribution in [2.45, 2.75) is 58.2 Å². The van der Waals surface area contributed by atoms with E-state index >= 15 is 0 Å². The SMILES string of the molecule is CC1CC(NC2CC(C)C2C)CCN1. The van der Waals surface area contributed by atoms with Gasteiger partial charge < -0.3 is 10.6 Å². The molecule has 2 rings (SSSR count). The van der Waals surface area contributed by atoms with Crippen LogP contribution in [0.3, 0.4) is 0 Å². The molecule has 5 atom stereocenters. The molecule has 1 saturated heterocycles. The van der Waals surface area contributed by atoms with Gasteiger partial charge in [-0.15, -0.1) is 0 Å². The first-order valence-electron chi connectivity index (χ1n) is 6.16. The molecule has 2 aliphatic rings. The van der Waals surface area contributed by atoms with Gasteiger partial charge in [0.15, 0.2) is 0 Å². The van der Waals surface area contributed by atoms with Crippen LogP contribution in [0.5, 0.6) is 0 Å². The number of nitrogens with one attached hydrogen (secondary N) is 2. The van der Waals surface area contributed by atoms with Gasteiger partial charge in [-0.1, -0.05) is 13.8 Å². The third-order valence-corrected chi connectivity index (χ3v) is 4.23. The summed E-state index contributed by atoms with van der Waals surface area (Å²) >= 11 is 0. The summed E-state index contributed by atoms with van der Waals surface area (Å²) < 4.78 is 0. The van der Waals surface area contributed by atoms with Crippen LogP contribution in [0.4, 0.5) is 0 Å². The van der Waals surface area contributed by atoms with Crippen LogP contribution in [0.2, 0.25) is 0 Å². The van der Waals surface area contributed by atoms with Crippen molar-refractivity contribution in [3.63, 3.8) is 0 Å². The Morgan fingerprint density at radius 1 is 1.14 bits per heavy atom. The first kappa shape index (κ1) is 10.4. The number of rotatable bonds is 2. The Labute approximate surface area is 87.8 Å². The fraction of sp³-hybridized carbons (Fsp3) is 1.00. The predicted molar refractivity (Wildman–Crippen MR) is 60.4 cm³/mol. The molecule has 1 aliphatic heterocycles. The van der Waals surface area contributed by atoms with Gasteiger partial charge >= 0.3 is 0 Å². The zero-order chi connectivity index (χ0) is 10.1. The van der Waals surface area contributed by atoms with E-state index in [4.69, 9.17) is 0 Å². The third kappa shape index (κ3) is 2.12. The second kappa shape index (κ2) is 4.19. The first-order chi connectivity index (χ1) is 6.66. The highest BCUT2D eigenvalue weighted by Gasteiger charge is 2.35. The molecule has 5 unspecified atom stereocenters. The minimum Gasteiger partial charge on any atom is -0.314 e. The molecule has 2 heteroatoms. The van der Waals surface area contributed by atoms with Gasteiger partial charge in [0.1, 0.15) is 0 Å². The summed E-state index contributed by atoms with van der Waals surface area (Å²) in [5.41, 5.74) is 0. The quantitative estimate of drug-likeness (QED) is 0.703. The van der Waals surface area contributed by atoms with Crippen molar-refractivity contribution in [3.05, 3.63) is 0 Å². The lowest BCUT2D eigenvalue weighted by molar-refractivity contribution is 0.116. The van der Waals surface area contributed by atoms with Crippen molar-refractivity contribution in [2.24, 2.45) is 11.8 Å². The summed E-state index contributed by atoms with van der Waals surface area (Å²) in [6.07, 6.45) is 4.00. The van der Waals surface area contributed by atoms with Crippen molar-refractivity contribution in [3.8, 4) is 0 Å². The maximum atomic E-state index is 3.83. The monoisotopic (exact) mass is 196 g/mol. The van der Waals surface area contributed by atoms with Gasteiger partial charge in [0, 0.05) is 18.1 Å². The smallest absolute Gasteiger partial charge is 0.0100 e. The molecule has 0 bridgehead atoms. The van der Waals surface area contributed by atoms with Gasteiger partial charge in [0.05, 0.1) is 0 Å². The molecule has 2 nitrogen and oxygen atoms in total. The molecule has 1 heterocycles. The lowest BCUT2D eigenvalue weighted by Gasteiger charge is -2.44. The van der Waals surface area contributed by atoms with E-state index in [1.807, 2.05) is 0 Å². The molecule has 0 amide bonds. The summed E-state index contributed by atoms with van der Waals surface area (Å²) in [6, 6.07) is 2.28. The topological polar surface area (TPSA) is 24.1 Å². The van der Waals surface area contributed by atoms with Gasteiger partial charge in [-0.3, -0.25) is 0 Å². The molecule has 2 N–H and O–H groups in total. The van der Waals surface area contributed by atoms with Gasteiger partial charge in [0.25, 0.3) is 0 Å². The van der Waals surface area contributed by atoms with Crippen LogP contribution in [0.1, 0.15) is 40.0 Å². The van der Waals surface area contributed by atoms with Crippen LogP contribution in [0.15, 0.2) is 0 Å². The van der Waals surface area contributed by atoms with Crippen LogP contribution in [-0.4, -0.2) is 24.7 Å². The highest BCUT2D eigenvalue weighted by molar-refractivity contribution is 4.92. The highest BCUT2D eigenvalue weighted by Crippen LogP contribution is 2.34. The highest BCUT2D eigenvalue weighted by atomic mass is 15.0. The summed E-state index contributed by atoms with van der Waals surface area (Å²) in [4.78, 5) is 0. The van der Waals surface area contributed by atoms with Crippen LogP contribution >= 0.6 is 0 Å². The molecular weight excluding hydrogens is 172 g/mol. The summed E-state index contributed by atoms with van der Waals surface area (Å²) in [6.45, 7) is 8.24. The summed E-state index contributed by atoms with van der Waals surface area (Å²) in [7, 11) is 0. The first-order valence-corrected chi connectivity index (χ1v) is 6.16. The van der Waals surface area contributed by atoms with Gasteiger partial charge in [0.2, 0.25) is 0 Å². The van der Waals surface area contributed by atoms with E-state index < -0.39 is 0 Å². The normalized spacial score (nSPS) is 48.6. The molecular formula is C12H24N2. The van der Waals surface area contributed by atoms with Crippen molar-refractivity contribution in [1.82, 2.24) is 10.6 Å². The maximum Gasteiger partial charge on any atom is 0.0100 e. The standard InChI is InChI=1S/C12H24N2/c1-8-6-12(10(8)3)14-11-4-5-13-9(2)7-11/h8-14H,4-7H2,1-3H3. The van der Waals surface area contributed by atoms with Crippen molar-refractivity contribution < 1.29 is 0 Å². The second-order valence-corrected chi connectivity index (χ2v) is 5.42. The van der Waals surface area contributed by atoms with Crippen molar-refractivity contribution in [1.29, 1.82) is 0 Å². The fourth-order valence-corrected chi connectivity index (χ4v) is 2.84. The second-order valence-electron chi connectivity index (χ2n) is 5.42. The van der Waals surface area contributed by atoms with Crippen LogP contribution < -0.4 is 10.6 Å². The van der Waals surface area contributed by atoms with E-state index in [2.05, 4.69) is 31.4 Å². The van der Waals surface area contributed by atoms with Crippen molar-refractivity contribution >= 4 is 0 Å². The van der Waals surface area contributed by atoms with Gasteiger partial charge in [-0.2, -0.15) is 0 Å². The average Bonchev–Trinajstić information content (AvgIpc) is 2.17. The molecule has 82 valence electrons.